The highest BCUT2D eigenvalue weighted by Crippen LogP contribution is 2.32. The molecule has 0 spiro atoms. The van der Waals surface area contributed by atoms with Crippen molar-refractivity contribution >= 4 is 11.5 Å². The lowest BCUT2D eigenvalue weighted by Gasteiger charge is -2.06. The molecule has 0 atom stereocenters. The Labute approximate surface area is 120 Å². The van der Waals surface area contributed by atoms with Crippen LogP contribution in [0.25, 0.3) is 11.3 Å². The molecule has 0 amide bonds. The predicted molar refractivity (Wildman–Crippen MR) is 83.9 cm³/mol. The molecule has 0 fully saturated rings. The zero-order chi connectivity index (χ0) is 14.3. The molecule has 1 heterocycles. The molecular weight excluding hydrogens is 254 g/mol. The SMILES string of the molecule is CCC.CCCc1ccc(O)c(-c2nscc2C)c1. The molecule has 104 valence electrons. The number of benzene rings is 1. The van der Waals surface area contributed by atoms with Gasteiger partial charge in [-0.1, -0.05) is 39.7 Å². The van der Waals surface area contributed by atoms with Crippen molar-refractivity contribution < 1.29 is 5.11 Å². The van der Waals surface area contributed by atoms with Gasteiger partial charge in [0.25, 0.3) is 0 Å². The van der Waals surface area contributed by atoms with Gasteiger partial charge in [0.2, 0.25) is 0 Å². The molecule has 2 nitrogen and oxygen atoms in total. The lowest BCUT2D eigenvalue weighted by atomic mass is 10.0. The molecule has 1 aromatic carbocycles. The fourth-order valence-corrected chi connectivity index (χ4v) is 2.43. The Morgan fingerprint density at radius 2 is 1.89 bits per heavy atom. The third-order valence-electron chi connectivity index (χ3n) is 2.60. The maximum absolute atomic E-state index is 9.86. The van der Waals surface area contributed by atoms with Gasteiger partial charge < -0.3 is 5.11 Å². The predicted octanol–water partition coefficient (Wildman–Crippen LogP) is 5.19. The average molecular weight is 277 g/mol. The molecule has 2 rings (SSSR count). The van der Waals surface area contributed by atoms with Crippen LogP contribution in [0.1, 0.15) is 44.7 Å². The molecule has 0 saturated heterocycles. The number of aryl methyl sites for hydroxylation is 2. The Bertz CT molecular complexity index is 505. The minimum Gasteiger partial charge on any atom is -0.507 e. The molecule has 19 heavy (non-hydrogen) atoms. The number of aromatic hydroxyl groups is 1. The van der Waals surface area contributed by atoms with E-state index in [9.17, 15) is 5.11 Å². The van der Waals surface area contributed by atoms with E-state index in [1.807, 2.05) is 24.4 Å². The fraction of sp³-hybridized carbons (Fsp3) is 0.438. The first-order valence-electron chi connectivity index (χ1n) is 6.87. The summed E-state index contributed by atoms with van der Waals surface area (Å²) in [6.07, 6.45) is 3.40. The maximum Gasteiger partial charge on any atom is 0.125 e. The second-order valence-electron chi connectivity index (χ2n) is 4.65. The molecule has 0 aliphatic carbocycles. The van der Waals surface area contributed by atoms with Crippen LogP contribution in [0.3, 0.4) is 0 Å². The van der Waals surface area contributed by atoms with Gasteiger partial charge in [-0.25, -0.2) is 0 Å². The summed E-state index contributed by atoms with van der Waals surface area (Å²) in [5.74, 6) is 0.314. The Hall–Kier alpha value is -1.35. The first kappa shape index (κ1) is 15.7. The van der Waals surface area contributed by atoms with Crippen LogP contribution in [0.15, 0.2) is 23.6 Å². The summed E-state index contributed by atoms with van der Waals surface area (Å²) in [6.45, 7) is 8.42. The Morgan fingerprint density at radius 3 is 2.42 bits per heavy atom. The van der Waals surface area contributed by atoms with Gasteiger partial charge in [0.1, 0.15) is 5.75 Å². The zero-order valence-corrected chi connectivity index (χ0v) is 13.0. The first-order chi connectivity index (χ1) is 9.13. The Kier molecular flexibility index (Phi) is 6.57. The van der Waals surface area contributed by atoms with E-state index in [1.54, 1.807) is 6.07 Å². The lowest BCUT2D eigenvalue weighted by molar-refractivity contribution is 0.477. The van der Waals surface area contributed by atoms with Gasteiger partial charge in [0.05, 0.1) is 5.69 Å². The molecule has 0 unspecified atom stereocenters. The summed E-state index contributed by atoms with van der Waals surface area (Å²) >= 11 is 1.43. The van der Waals surface area contributed by atoms with Crippen molar-refractivity contribution in [1.82, 2.24) is 4.37 Å². The third-order valence-corrected chi connectivity index (χ3v) is 3.35. The monoisotopic (exact) mass is 277 g/mol. The second-order valence-corrected chi connectivity index (χ2v) is 5.28. The highest BCUT2D eigenvalue weighted by Gasteiger charge is 2.10. The Balaban J connectivity index is 0.000000550. The van der Waals surface area contributed by atoms with Crippen LogP contribution in [0.5, 0.6) is 5.75 Å². The van der Waals surface area contributed by atoms with E-state index < -0.39 is 0 Å². The molecular formula is C16H23NOS. The summed E-state index contributed by atoms with van der Waals surface area (Å²) in [6, 6.07) is 5.78. The fourth-order valence-electron chi connectivity index (χ4n) is 1.76. The van der Waals surface area contributed by atoms with Crippen molar-refractivity contribution in [2.75, 3.05) is 0 Å². The van der Waals surface area contributed by atoms with E-state index >= 15 is 0 Å². The van der Waals surface area contributed by atoms with E-state index in [1.165, 1.54) is 23.5 Å². The largest absolute Gasteiger partial charge is 0.507 e. The normalized spacial score (nSPS) is 9.89. The summed E-state index contributed by atoms with van der Waals surface area (Å²) in [5, 5.41) is 11.9. The molecule has 0 aliphatic rings. The number of rotatable bonds is 3. The van der Waals surface area contributed by atoms with Gasteiger partial charge in [-0.05, 0) is 48.1 Å². The maximum atomic E-state index is 9.86. The minimum atomic E-state index is 0.314. The molecule has 0 saturated carbocycles. The topological polar surface area (TPSA) is 33.1 Å². The van der Waals surface area contributed by atoms with Crippen LogP contribution in [0.2, 0.25) is 0 Å². The summed E-state index contributed by atoms with van der Waals surface area (Å²) < 4.78 is 4.33. The quantitative estimate of drug-likeness (QED) is 0.837. The van der Waals surface area contributed by atoms with E-state index in [2.05, 4.69) is 25.1 Å². The zero-order valence-electron chi connectivity index (χ0n) is 12.2. The van der Waals surface area contributed by atoms with E-state index in [0.717, 1.165) is 29.7 Å². The van der Waals surface area contributed by atoms with Gasteiger partial charge >= 0.3 is 0 Å². The smallest absolute Gasteiger partial charge is 0.125 e. The van der Waals surface area contributed by atoms with Crippen LogP contribution in [0.4, 0.5) is 0 Å². The van der Waals surface area contributed by atoms with Crippen LogP contribution in [-0.4, -0.2) is 9.48 Å². The van der Waals surface area contributed by atoms with Crippen LogP contribution < -0.4 is 0 Å². The minimum absolute atomic E-state index is 0.314. The molecule has 0 radical (unpaired) electrons. The molecule has 0 aliphatic heterocycles. The second kappa shape index (κ2) is 7.95. The van der Waals surface area contributed by atoms with Crippen molar-refractivity contribution in [3.8, 4) is 17.0 Å². The van der Waals surface area contributed by atoms with Gasteiger partial charge in [-0.15, -0.1) is 0 Å². The third kappa shape index (κ3) is 4.35. The van der Waals surface area contributed by atoms with Gasteiger partial charge in [0.15, 0.2) is 0 Å². The number of aromatic nitrogens is 1. The summed E-state index contributed by atoms with van der Waals surface area (Å²) in [4.78, 5) is 0. The van der Waals surface area contributed by atoms with Crippen molar-refractivity contribution in [1.29, 1.82) is 0 Å². The number of nitrogens with zero attached hydrogens (tertiary/aromatic N) is 1. The number of phenolic OH excluding ortho intramolecular Hbond substituents is 1. The highest BCUT2D eigenvalue weighted by atomic mass is 32.1. The van der Waals surface area contributed by atoms with E-state index in [4.69, 9.17) is 0 Å². The molecule has 0 bridgehead atoms. The molecule has 3 heteroatoms. The van der Waals surface area contributed by atoms with Crippen molar-refractivity contribution in [2.24, 2.45) is 0 Å². The lowest BCUT2D eigenvalue weighted by Crippen LogP contribution is -1.87. The number of hydrogen-bond donors (Lipinski definition) is 1. The van der Waals surface area contributed by atoms with E-state index in [-0.39, 0.29) is 0 Å². The summed E-state index contributed by atoms with van der Waals surface area (Å²) in [5.41, 5.74) is 4.13. The average Bonchev–Trinajstić information content (AvgIpc) is 2.79. The van der Waals surface area contributed by atoms with Crippen molar-refractivity contribution in [3.05, 3.63) is 34.7 Å². The summed E-state index contributed by atoms with van der Waals surface area (Å²) in [7, 11) is 0. The Morgan fingerprint density at radius 1 is 1.21 bits per heavy atom. The standard InChI is InChI=1S/C13H15NOS.C3H8/c1-3-4-10-5-6-12(15)11(7-10)13-9(2)8-16-14-13;1-3-2/h5-8,15H,3-4H2,1-2H3;3H2,1-2H3. The van der Waals surface area contributed by atoms with Gasteiger partial charge in [0, 0.05) is 10.9 Å². The highest BCUT2D eigenvalue weighted by molar-refractivity contribution is 7.04. The molecule has 1 aromatic heterocycles. The van der Waals surface area contributed by atoms with Crippen LogP contribution >= 0.6 is 11.5 Å². The number of phenols is 1. The number of hydrogen-bond acceptors (Lipinski definition) is 3. The molecule has 1 N–H and O–H groups in total. The van der Waals surface area contributed by atoms with Crippen LogP contribution in [-0.2, 0) is 6.42 Å². The van der Waals surface area contributed by atoms with Gasteiger partial charge in [-0.2, -0.15) is 4.37 Å². The van der Waals surface area contributed by atoms with Gasteiger partial charge in [-0.3, -0.25) is 0 Å². The van der Waals surface area contributed by atoms with E-state index in [0.29, 0.717) is 5.75 Å². The molecule has 2 aromatic rings. The van der Waals surface area contributed by atoms with Crippen molar-refractivity contribution in [3.63, 3.8) is 0 Å². The first-order valence-corrected chi connectivity index (χ1v) is 7.70. The van der Waals surface area contributed by atoms with Crippen LogP contribution in [0, 0.1) is 6.92 Å². The van der Waals surface area contributed by atoms with Crippen molar-refractivity contribution in [2.45, 2.75) is 47.0 Å².